The molecular formula is C23H35BrClN5. The van der Waals surface area contributed by atoms with Gasteiger partial charge in [-0.1, -0.05) is 59.6 Å². The Morgan fingerprint density at radius 2 is 2.17 bits per heavy atom. The molecule has 0 spiro atoms. The van der Waals surface area contributed by atoms with Crippen LogP contribution in [0.1, 0.15) is 40.5 Å². The first-order chi connectivity index (χ1) is 14.3. The summed E-state index contributed by atoms with van der Waals surface area (Å²) in [5.74, 6) is 1.77. The second kappa shape index (κ2) is 10.5. The maximum absolute atomic E-state index is 6.64. The Balaban J connectivity index is 1.79. The minimum absolute atomic E-state index is 0.0509. The van der Waals surface area contributed by atoms with E-state index in [1.807, 2.05) is 18.4 Å². The fraction of sp³-hybridized carbons (Fsp3) is 0.609. The van der Waals surface area contributed by atoms with Crippen molar-refractivity contribution in [2.75, 3.05) is 20.1 Å². The standard InChI is InChI=1S/C23H35BrClN5/c1-15(2)14-29(5)12-11-16(3)27-22-17(4)21(18-9-7-6-8-10-20(18)25)28-23-19(24)13-26-30(22)23/h6,8-10,13,15-16,19,21,23,27-28H,7,11-12,14H2,1-5H3/t16-,19?,21?,23+/m1/s1. The minimum Gasteiger partial charge on any atom is -0.368 e. The van der Waals surface area contributed by atoms with Gasteiger partial charge in [0.25, 0.3) is 0 Å². The van der Waals surface area contributed by atoms with Crippen molar-refractivity contribution >= 4 is 33.7 Å². The maximum Gasteiger partial charge on any atom is 0.125 e. The first-order valence-electron chi connectivity index (χ1n) is 10.9. The van der Waals surface area contributed by atoms with Gasteiger partial charge in [0.2, 0.25) is 0 Å². The summed E-state index contributed by atoms with van der Waals surface area (Å²) in [6.45, 7) is 11.1. The van der Waals surface area contributed by atoms with Gasteiger partial charge in [-0.2, -0.15) is 5.10 Å². The van der Waals surface area contributed by atoms with Gasteiger partial charge in [-0.05, 0) is 63.4 Å². The highest BCUT2D eigenvalue weighted by Crippen LogP contribution is 2.34. The van der Waals surface area contributed by atoms with Crippen LogP contribution in [0.25, 0.3) is 0 Å². The molecule has 0 aromatic rings. The molecule has 7 heteroatoms. The number of hydrazone groups is 1. The van der Waals surface area contributed by atoms with E-state index in [2.05, 4.69) is 88.5 Å². The van der Waals surface area contributed by atoms with E-state index in [4.69, 9.17) is 11.6 Å². The number of nitrogens with zero attached hydrogens (tertiary/aromatic N) is 3. The topological polar surface area (TPSA) is 42.9 Å². The van der Waals surface area contributed by atoms with Crippen LogP contribution < -0.4 is 10.6 Å². The van der Waals surface area contributed by atoms with Crippen molar-refractivity contribution in [2.45, 2.75) is 63.6 Å². The monoisotopic (exact) mass is 495 g/mol. The Morgan fingerprint density at radius 3 is 2.90 bits per heavy atom. The number of rotatable bonds is 8. The number of allylic oxidation sites excluding steroid dienone is 4. The number of hydrogen-bond donors (Lipinski definition) is 2. The molecule has 4 atom stereocenters. The third-order valence-corrected chi connectivity index (χ3v) is 6.80. The molecule has 0 amide bonds. The number of alkyl halides is 1. The summed E-state index contributed by atoms with van der Waals surface area (Å²) in [6, 6.07) is 0.388. The van der Waals surface area contributed by atoms with Crippen molar-refractivity contribution < 1.29 is 0 Å². The first kappa shape index (κ1) is 23.6. The second-order valence-corrected chi connectivity index (χ2v) is 10.4. The average Bonchev–Trinajstić information content (AvgIpc) is 2.91. The van der Waals surface area contributed by atoms with Gasteiger partial charge >= 0.3 is 0 Å². The highest BCUT2D eigenvalue weighted by atomic mass is 79.9. The van der Waals surface area contributed by atoms with Crippen molar-refractivity contribution in [1.82, 2.24) is 20.5 Å². The quantitative estimate of drug-likeness (QED) is 0.484. The van der Waals surface area contributed by atoms with Gasteiger partial charge < -0.3 is 10.2 Å². The molecule has 3 aliphatic rings. The van der Waals surface area contributed by atoms with Crippen molar-refractivity contribution in [2.24, 2.45) is 11.0 Å². The number of fused-ring (bicyclic) bond motifs is 1. The lowest BCUT2D eigenvalue weighted by atomic mass is 9.95. The van der Waals surface area contributed by atoms with Crippen molar-refractivity contribution in [3.63, 3.8) is 0 Å². The van der Waals surface area contributed by atoms with E-state index >= 15 is 0 Å². The molecule has 5 nitrogen and oxygen atoms in total. The van der Waals surface area contributed by atoms with E-state index in [1.54, 1.807) is 0 Å². The third kappa shape index (κ3) is 5.58. The lowest BCUT2D eigenvalue weighted by molar-refractivity contribution is 0.197. The molecule has 0 aromatic carbocycles. The largest absolute Gasteiger partial charge is 0.368 e. The summed E-state index contributed by atoms with van der Waals surface area (Å²) in [6.07, 6.45) is 12.3. The van der Waals surface area contributed by atoms with E-state index in [9.17, 15) is 0 Å². The first-order valence-corrected chi connectivity index (χ1v) is 12.2. The van der Waals surface area contributed by atoms with E-state index in [-0.39, 0.29) is 17.0 Å². The van der Waals surface area contributed by atoms with Crippen molar-refractivity contribution in [3.05, 3.63) is 46.3 Å². The molecule has 2 aliphatic heterocycles. The van der Waals surface area contributed by atoms with Crippen LogP contribution in [-0.4, -0.2) is 59.3 Å². The normalized spacial score (nSPS) is 27.4. The van der Waals surface area contributed by atoms with Crippen LogP contribution >= 0.6 is 27.5 Å². The van der Waals surface area contributed by atoms with Crippen LogP contribution in [0.4, 0.5) is 0 Å². The molecule has 2 N–H and O–H groups in total. The molecule has 2 heterocycles. The van der Waals surface area contributed by atoms with Gasteiger partial charge in [-0.25, -0.2) is 5.01 Å². The molecule has 2 unspecified atom stereocenters. The molecule has 0 fully saturated rings. The van der Waals surface area contributed by atoms with Crippen molar-refractivity contribution in [1.29, 1.82) is 0 Å². The smallest absolute Gasteiger partial charge is 0.125 e. The summed E-state index contributed by atoms with van der Waals surface area (Å²) in [4.78, 5) is 2.55. The van der Waals surface area contributed by atoms with Gasteiger partial charge in [0.15, 0.2) is 0 Å². The van der Waals surface area contributed by atoms with Crippen LogP contribution in [-0.2, 0) is 0 Å². The fourth-order valence-corrected chi connectivity index (χ4v) is 4.95. The highest BCUT2D eigenvalue weighted by molar-refractivity contribution is 9.10. The van der Waals surface area contributed by atoms with Gasteiger partial charge in [-0.3, -0.25) is 5.32 Å². The number of hydrogen-bond acceptors (Lipinski definition) is 5. The van der Waals surface area contributed by atoms with Gasteiger partial charge in [0.05, 0.1) is 10.9 Å². The highest BCUT2D eigenvalue weighted by Gasteiger charge is 2.40. The zero-order valence-electron chi connectivity index (χ0n) is 18.7. The Labute approximate surface area is 195 Å². The molecule has 166 valence electrons. The van der Waals surface area contributed by atoms with Crippen molar-refractivity contribution in [3.8, 4) is 0 Å². The van der Waals surface area contributed by atoms with E-state index in [0.717, 1.165) is 42.4 Å². The summed E-state index contributed by atoms with van der Waals surface area (Å²) >= 11 is 10.4. The molecular weight excluding hydrogens is 462 g/mol. The maximum atomic E-state index is 6.64. The zero-order chi connectivity index (χ0) is 21.8. The molecule has 0 saturated heterocycles. The zero-order valence-corrected chi connectivity index (χ0v) is 21.0. The summed E-state index contributed by atoms with van der Waals surface area (Å²) in [5, 5.41) is 15.0. The van der Waals surface area contributed by atoms with Gasteiger partial charge in [0.1, 0.15) is 12.0 Å². The molecule has 3 rings (SSSR count). The average molecular weight is 497 g/mol. The predicted octanol–water partition coefficient (Wildman–Crippen LogP) is 4.55. The summed E-state index contributed by atoms with van der Waals surface area (Å²) in [5.41, 5.74) is 2.35. The summed E-state index contributed by atoms with van der Waals surface area (Å²) in [7, 11) is 2.20. The van der Waals surface area contributed by atoms with Gasteiger partial charge in [-0.15, -0.1) is 0 Å². The van der Waals surface area contributed by atoms with Crippen LogP contribution in [0, 0.1) is 5.92 Å². The Kier molecular flexibility index (Phi) is 8.24. The Bertz CT molecular complexity index is 770. The van der Waals surface area contributed by atoms with E-state index in [0.29, 0.717) is 12.0 Å². The van der Waals surface area contributed by atoms with E-state index < -0.39 is 0 Å². The molecule has 1 aliphatic carbocycles. The number of nitrogens with one attached hydrogen (secondary N) is 2. The fourth-order valence-electron chi connectivity index (χ4n) is 4.21. The number of halogens is 2. The SMILES string of the molecule is CC1=C(N[C@H](C)CCN(C)CC(C)C)N2N=CC(Br)[C@H]2NC1C1=CCC=CC=C1Cl. The molecule has 0 radical (unpaired) electrons. The molecule has 30 heavy (non-hydrogen) atoms. The second-order valence-electron chi connectivity index (χ2n) is 8.96. The third-order valence-electron chi connectivity index (χ3n) is 5.71. The Morgan fingerprint density at radius 1 is 1.40 bits per heavy atom. The minimum atomic E-state index is 0.0509. The van der Waals surface area contributed by atoms with Crippen LogP contribution in [0.2, 0.25) is 0 Å². The van der Waals surface area contributed by atoms with Gasteiger partial charge in [0, 0.05) is 23.8 Å². The van der Waals surface area contributed by atoms with Crippen LogP contribution in [0.15, 0.2) is 51.4 Å². The lowest BCUT2D eigenvalue weighted by Gasteiger charge is -2.41. The van der Waals surface area contributed by atoms with Crippen LogP contribution in [0.5, 0.6) is 0 Å². The summed E-state index contributed by atoms with van der Waals surface area (Å²) < 4.78 is 0. The lowest BCUT2D eigenvalue weighted by Crippen LogP contribution is -2.57. The predicted molar refractivity (Wildman–Crippen MR) is 132 cm³/mol. The van der Waals surface area contributed by atoms with Crippen LogP contribution in [0.3, 0.4) is 0 Å². The van der Waals surface area contributed by atoms with E-state index in [1.165, 1.54) is 5.57 Å². The Hall–Kier alpha value is -1.08. The molecule has 0 bridgehead atoms. The molecule has 0 aromatic heterocycles. The molecule has 0 saturated carbocycles.